The Balaban J connectivity index is 2.04. The number of hydrogen-bond donors (Lipinski definition) is 0. The summed E-state index contributed by atoms with van der Waals surface area (Å²) in [5.41, 5.74) is 1.16. The number of rotatable bonds is 4. The lowest BCUT2D eigenvalue weighted by Crippen LogP contribution is -2.25. The maximum atomic E-state index is 12.1. The molecule has 0 saturated heterocycles. The summed E-state index contributed by atoms with van der Waals surface area (Å²) in [5.74, 6) is -0.0949. The van der Waals surface area contributed by atoms with Gasteiger partial charge in [-0.15, -0.1) is 5.10 Å². The topological polar surface area (TPSA) is 77.4 Å². The van der Waals surface area contributed by atoms with Crippen molar-refractivity contribution in [2.75, 3.05) is 7.11 Å². The molecule has 1 amide bonds. The van der Waals surface area contributed by atoms with E-state index < -0.39 is 12.2 Å². The van der Waals surface area contributed by atoms with Gasteiger partial charge in [0, 0.05) is 23.9 Å². The number of amides is 1. The van der Waals surface area contributed by atoms with Crippen molar-refractivity contribution in [3.63, 3.8) is 0 Å². The number of ether oxygens (including phenoxy) is 3. The second kappa shape index (κ2) is 7.79. The molecule has 0 saturated carbocycles. The zero-order valence-electron chi connectivity index (χ0n) is 14.9. The molecule has 2 aromatic carbocycles. The molecule has 140 valence electrons. The van der Waals surface area contributed by atoms with Crippen LogP contribution in [0.4, 0.5) is 0 Å². The van der Waals surface area contributed by atoms with Gasteiger partial charge in [0.15, 0.2) is 11.5 Å². The van der Waals surface area contributed by atoms with Crippen molar-refractivity contribution < 1.29 is 23.8 Å². The average molecular weight is 433 g/mol. The fourth-order valence-electron chi connectivity index (χ4n) is 2.65. The maximum Gasteiger partial charge on any atom is 0.308 e. The Morgan fingerprint density at radius 1 is 1.19 bits per heavy atom. The molecule has 0 radical (unpaired) electrons. The smallest absolute Gasteiger partial charge is 0.308 e. The van der Waals surface area contributed by atoms with Gasteiger partial charge in [0.25, 0.3) is 0 Å². The van der Waals surface area contributed by atoms with E-state index in [2.05, 4.69) is 21.0 Å². The molecule has 1 aliphatic rings. The Bertz CT molecular complexity index is 928. The fraction of sp³-hybridized carbons (Fsp3) is 0.211. The summed E-state index contributed by atoms with van der Waals surface area (Å²) in [4.78, 5) is 23.6. The number of hydrazone groups is 1. The monoisotopic (exact) mass is 432 g/mol. The zero-order chi connectivity index (χ0) is 19.6. The van der Waals surface area contributed by atoms with E-state index in [0.29, 0.717) is 11.3 Å². The van der Waals surface area contributed by atoms with Crippen LogP contribution in [0, 0.1) is 0 Å². The molecular formula is C19H17BrN2O5. The van der Waals surface area contributed by atoms with Crippen LogP contribution in [-0.2, 0) is 14.3 Å². The number of para-hydroxylation sites is 1. The standard InChI is InChI=1S/C19H17BrN2O5/c1-11(23)22-19(13-6-4-7-14(20)10-13)27-18(21-22)15-8-5-9-16(25-3)17(15)26-12(2)24/h4-10,19H,1-3H3. The summed E-state index contributed by atoms with van der Waals surface area (Å²) in [6, 6.07) is 12.5. The van der Waals surface area contributed by atoms with Crippen LogP contribution in [0.3, 0.4) is 0 Å². The second-order valence-corrected chi connectivity index (χ2v) is 6.64. The Hall–Kier alpha value is -2.87. The van der Waals surface area contributed by atoms with Crippen LogP contribution in [0.5, 0.6) is 11.5 Å². The lowest BCUT2D eigenvalue weighted by Gasteiger charge is -2.19. The molecule has 0 N–H and O–H groups in total. The number of methoxy groups -OCH3 is 1. The third kappa shape index (κ3) is 3.95. The van der Waals surface area contributed by atoms with Gasteiger partial charge in [0.1, 0.15) is 0 Å². The van der Waals surface area contributed by atoms with Gasteiger partial charge in [-0.25, -0.2) is 0 Å². The second-order valence-electron chi connectivity index (χ2n) is 5.72. The Morgan fingerprint density at radius 2 is 1.93 bits per heavy atom. The van der Waals surface area contributed by atoms with E-state index in [1.807, 2.05) is 24.3 Å². The van der Waals surface area contributed by atoms with E-state index in [4.69, 9.17) is 14.2 Å². The van der Waals surface area contributed by atoms with E-state index in [-0.39, 0.29) is 17.6 Å². The van der Waals surface area contributed by atoms with Gasteiger partial charge in [-0.1, -0.05) is 34.1 Å². The molecule has 8 heteroatoms. The zero-order valence-corrected chi connectivity index (χ0v) is 16.5. The number of nitrogens with zero attached hydrogens (tertiary/aromatic N) is 2. The predicted molar refractivity (Wildman–Crippen MR) is 101 cm³/mol. The van der Waals surface area contributed by atoms with Crippen LogP contribution in [0.15, 0.2) is 52.0 Å². The molecule has 3 rings (SSSR count). The first-order valence-corrected chi connectivity index (χ1v) is 8.86. The minimum absolute atomic E-state index is 0.158. The van der Waals surface area contributed by atoms with Crippen LogP contribution in [0.25, 0.3) is 0 Å². The molecule has 0 spiro atoms. The first kappa shape index (κ1) is 18.9. The molecule has 0 aromatic heterocycles. The summed E-state index contributed by atoms with van der Waals surface area (Å²) in [5, 5.41) is 5.55. The number of hydrogen-bond acceptors (Lipinski definition) is 6. The molecule has 1 heterocycles. The molecule has 7 nitrogen and oxygen atoms in total. The summed E-state index contributed by atoms with van der Waals surface area (Å²) in [6.07, 6.45) is -0.730. The van der Waals surface area contributed by atoms with Crippen molar-refractivity contribution >= 4 is 33.7 Å². The highest BCUT2D eigenvalue weighted by Gasteiger charge is 2.35. The highest BCUT2D eigenvalue weighted by molar-refractivity contribution is 9.10. The van der Waals surface area contributed by atoms with Gasteiger partial charge < -0.3 is 14.2 Å². The Kier molecular flexibility index (Phi) is 5.46. The van der Waals surface area contributed by atoms with E-state index in [0.717, 1.165) is 10.0 Å². The summed E-state index contributed by atoms with van der Waals surface area (Å²) in [6.45, 7) is 2.69. The SMILES string of the molecule is COc1cccc(C2=NN(C(C)=O)C(c3cccc(Br)c3)O2)c1OC(C)=O. The normalized spacial score (nSPS) is 15.8. The first-order chi connectivity index (χ1) is 12.9. The maximum absolute atomic E-state index is 12.1. The third-order valence-electron chi connectivity index (χ3n) is 3.78. The van der Waals surface area contributed by atoms with Crippen LogP contribution < -0.4 is 9.47 Å². The lowest BCUT2D eigenvalue weighted by molar-refractivity contribution is -0.135. The van der Waals surface area contributed by atoms with Gasteiger partial charge in [-0.3, -0.25) is 9.59 Å². The van der Waals surface area contributed by atoms with E-state index in [1.54, 1.807) is 18.2 Å². The van der Waals surface area contributed by atoms with Gasteiger partial charge in [0.05, 0.1) is 12.7 Å². The molecule has 0 bridgehead atoms. The fourth-order valence-corrected chi connectivity index (χ4v) is 3.06. The molecule has 2 aromatic rings. The molecule has 27 heavy (non-hydrogen) atoms. The average Bonchev–Trinajstić information content (AvgIpc) is 3.07. The van der Waals surface area contributed by atoms with Gasteiger partial charge in [0.2, 0.25) is 18.0 Å². The molecular weight excluding hydrogens is 416 g/mol. The van der Waals surface area contributed by atoms with Crippen LogP contribution in [0.2, 0.25) is 0 Å². The molecule has 1 atom stereocenters. The van der Waals surface area contributed by atoms with Crippen LogP contribution in [-0.4, -0.2) is 29.9 Å². The number of carbonyl (C=O) groups is 2. The highest BCUT2D eigenvalue weighted by Crippen LogP contribution is 2.37. The van der Waals surface area contributed by atoms with Crippen molar-refractivity contribution in [2.24, 2.45) is 5.10 Å². The molecule has 1 unspecified atom stereocenters. The van der Waals surface area contributed by atoms with Crippen molar-refractivity contribution in [3.8, 4) is 11.5 Å². The lowest BCUT2D eigenvalue weighted by atomic mass is 10.1. The largest absolute Gasteiger partial charge is 0.493 e. The van der Waals surface area contributed by atoms with Crippen molar-refractivity contribution in [2.45, 2.75) is 20.1 Å². The van der Waals surface area contributed by atoms with Crippen LogP contribution >= 0.6 is 15.9 Å². The molecule has 0 aliphatic carbocycles. The minimum Gasteiger partial charge on any atom is -0.493 e. The van der Waals surface area contributed by atoms with Gasteiger partial charge >= 0.3 is 5.97 Å². The number of esters is 1. The molecule has 0 fully saturated rings. The van der Waals surface area contributed by atoms with Crippen LogP contribution in [0.1, 0.15) is 31.2 Å². The predicted octanol–water partition coefficient (Wildman–Crippen LogP) is 3.62. The Labute approximate surface area is 164 Å². The van der Waals surface area contributed by atoms with Gasteiger partial charge in [-0.05, 0) is 24.3 Å². The van der Waals surface area contributed by atoms with Crippen molar-refractivity contribution in [1.82, 2.24) is 5.01 Å². The van der Waals surface area contributed by atoms with Crippen molar-refractivity contribution in [1.29, 1.82) is 0 Å². The summed E-state index contributed by atoms with van der Waals surface area (Å²) in [7, 11) is 1.47. The third-order valence-corrected chi connectivity index (χ3v) is 4.27. The van der Waals surface area contributed by atoms with E-state index in [9.17, 15) is 9.59 Å². The summed E-state index contributed by atoms with van der Waals surface area (Å²) < 4.78 is 17.4. The van der Waals surface area contributed by atoms with Gasteiger partial charge in [-0.2, -0.15) is 5.01 Å². The van der Waals surface area contributed by atoms with Crippen molar-refractivity contribution in [3.05, 3.63) is 58.1 Å². The quantitative estimate of drug-likeness (QED) is 0.544. The number of halogens is 1. The first-order valence-electron chi connectivity index (χ1n) is 8.07. The Morgan fingerprint density at radius 3 is 2.56 bits per heavy atom. The molecule has 1 aliphatic heterocycles. The highest BCUT2D eigenvalue weighted by atomic mass is 79.9. The van der Waals surface area contributed by atoms with E-state index >= 15 is 0 Å². The minimum atomic E-state index is -0.730. The number of carbonyl (C=O) groups excluding carboxylic acids is 2. The summed E-state index contributed by atoms with van der Waals surface area (Å²) >= 11 is 3.41. The number of benzene rings is 2. The van der Waals surface area contributed by atoms with E-state index in [1.165, 1.54) is 26.0 Å².